The van der Waals surface area contributed by atoms with Crippen LogP contribution in [0.25, 0.3) is 0 Å². The number of nitrogens with zero attached hydrogens (tertiary/aromatic N) is 3. The van der Waals surface area contributed by atoms with E-state index >= 15 is 0 Å². The van der Waals surface area contributed by atoms with Gasteiger partial charge in [0.05, 0.1) is 18.0 Å². The predicted molar refractivity (Wildman–Crippen MR) is 188 cm³/mol. The van der Waals surface area contributed by atoms with Gasteiger partial charge < -0.3 is 29.9 Å². The predicted octanol–water partition coefficient (Wildman–Crippen LogP) is 5.18. The number of carbonyl (C=O) groups is 5. The van der Waals surface area contributed by atoms with E-state index in [4.69, 9.17) is 9.47 Å². The molecule has 2 N–H and O–H groups in total. The van der Waals surface area contributed by atoms with Gasteiger partial charge in [0.15, 0.2) is 0 Å². The molecule has 270 valence electrons. The first-order valence-corrected chi connectivity index (χ1v) is 17.7. The average Bonchev–Trinajstić information content (AvgIpc) is 3.70. The highest BCUT2D eigenvalue weighted by atomic mass is 16.6. The number of para-hydroxylation sites is 1. The first-order valence-electron chi connectivity index (χ1n) is 17.7. The van der Waals surface area contributed by atoms with Crippen molar-refractivity contribution >= 4 is 35.6 Å². The Balaban J connectivity index is 1.38. The number of benzene rings is 2. The highest BCUT2D eigenvalue weighted by Gasteiger charge is 2.55. The SMILES string of the molecule is C[C@@H](C(=O)N[C@H](C(=O)N1CC[C@@H]2[C@H]1[C@@H](C(=O)Nc1ccccc1)CN2C(=O)OCc1ccccc1)C1CCCCC1)N(C)C(=O)OC(C)(C)C. The Morgan fingerprint density at radius 3 is 2.18 bits per heavy atom. The van der Waals surface area contributed by atoms with Crippen molar-refractivity contribution in [1.82, 2.24) is 20.0 Å². The Morgan fingerprint density at radius 1 is 0.900 bits per heavy atom. The molecule has 0 aromatic heterocycles. The lowest BCUT2D eigenvalue weighted by molar-refractivity contribution is -0.141. The molecule has 2 aromatic rings. The Bertz CT molecular complexity index is 1510. The summed E-state index contributed by atoms with van der Waals surface area (Å²) in [6, 6.07) is 15.7. The molecule has 3 aliphatic rings. The van der Waals surface area contributed by atoms with E-state index in [-0.39, 0.29) is 30.9 Å². The Labute approximate surface area is 294 Å². The zero-order chi connectivity index (χ0) is 36.0. The van der Waals surface area contributed by atoms with Gasteiger partial charge in [0.2, 0.25) is 17.7 Å². The molecule has 0 spiro atoms. The lowest BCUT2D eigenvalue weighted by atomic mass is 9.83. The molecular weight excluding hydrogens is 638 g/mol. The lowest BCUT2D eigenvalue weighted by Crippen LogP contribution is -2.58. The molecular formula is C38H51N5O7. The van der Waals surface area contributed by atoms with E-state index in [1.165, 1.54) is 11.9 Å². The van der Waals surface area contributed by atoms with Crippen molar-refractivity contribution in [3.63, 3.8) is 0 Å². The number of fused-ring (bicyclic) bond motifs is 1. The Kier molecular flexibility index (Phi) is 11.7. The largest absolute Gasteiger partial charge is 0.445 e. The van der Waals surface area contributed by atoms with Crippen molar-refractivity contribution in [2.75, 3.05) is 25.5 Å². The van der Waals surface area contributed by atoms with Gasteiger partial charge in [-0.15, -0.1) is 0 Å². The van der Waals surface area contributed by atoms with Crippen LogP contribution in [0.4, 0.5) is 15.3 Å². The van der Waals surface area contributed by atoms with Crippen LogP contribution in [-0.4, -0.2) is 94.5 Å². The van der Waals surface area contributed by atoms with Crippen molar-refractivity contribution in [2.45, 2.75) is 103 Å². The summed E-state index contributed by atoms with van der Waals surface area (Å²) in [6.07, 6.45) is 3.76. The number of ether oxygens (including phenoxy) is 2. The van der Waals surface area contributed by atoms with Gasteiger partial charge in [-0.3, -0.25) is 19.3 Å². The number of likely N-dealkylation sites (N-methyl/N-ethyl adjacent to an activating group) is 1. The van der Waals surface area contributed by atoms with Crippen LogP contribution in [0.3, 0.4) is 0 Å². The molecule has 12 nitrogen and oxygen atoms in total. The molecule has 3 fully saturated rings. The maximum absolute atomic E-state index is 14.7. The number of carbonyl (C=O) groups excluding carboxylic acids is 5. The van der Waals surface area contributed by atoms with Gasteiger partial charge in [0, 0.05) is 25.8 Å². The molecule has 2 saturated heterocycles. The maximum Gasteiger partial charge on any atom is 0.410 e. The summed E-state index contributed by atoms with van der Waals surface area (Å²) in [5, 5.41) is 5.99. The molecule has 5 atom stereocenters. The van der Waals surface area contributed by atoms with Crippen LogP contribution in [0.15, 0.2) is 60.7 Å². The summed E-state index contributed by atoms with van der Waals surface area (Å²) in [5.41, 5.74) is 0.724. The van der Waals surface area contributed by atoms with Gasteiger partial charge in [-0.05, 0) is 70.6 Å². The van der Waals surface area contributed by atoms with Crippen LogP contribution >= 0.6 is 0 Å². The second-order valence-corrected chi connectivity index (χ2v) is 14.7. The summed E-state index contributed by atoms with van der Waals surface area (Å²) < 4.78 is 11.2. The van der Waals surface area contributed by atoms with Crippen LogP contribution in [0.1, 0.15) is 71.8 Å². The molecule has 0 bridgehead atoms. The highest BCUT2D eigenvalue weighted by molar-refractivity contribution is 5.96. The monoisotopic (exact) mass is 689 g/mol. The molecule has 12 heteroatoms. The fraction of sp³-hybridized carbons (Fsp3) is 0.553. The first-order chi connectivity index (χ1) is 23.8. The van der Waals surface area contributed by atoms with Crippen molar-refractivity contribution in [3.05, 3.63) is 66.2 Å². The zero-order valence-electron chi connectivity index (χ0n) is 29.8. The summed E-state index contributed by atoms with van der Waals surface area (Å²) in [4.78, 5) is 73.1. The van der Waals surface area contributed by atoms with Gasteiger partial charge >= 0.3 is 12.2 Å². The van der Waals surface area contributed by atoms with Gasteiger partial charge in [0.25, 0.3) is 0 Å². The molecule has 2 heterocycles. The third kappa shape index (κ3) is 8.75. The molecule has 1 saturated carbocycles. The van der Waals surface area contributed by atoms with E-state index in [2.05, 4.69) is 10.6 Å². The summed E-state index contributed by atoms with van der Waals surface area (Å²) in [7, 11) is 1.50. The molecule has 5 rings (SSSR count). The highest BCUT2D eigenvalue weighted by Crippen LogP contribution is 2.38. The smallest absolute Gasteiger partial charge is 0.410 e. The van der Waals surface area contributed by atoms with Gasteiger partial charge in [-0.2, -0.15) is 0 Å². The van der Waals surface area contributed by atoms with Gasteiger partial charge in [-0.1, -0.05) is 67.8 Å². The van der Waals surface area contributed by atoms with Crippen molar-refractivity contribution in [2.24, 2.45) is 11.8 Å². The number of amides is 5. The number of anilines is 1. The van der Waals surface area contributed by atoms with Crippen LogP contribution < -0.4 is 10.6 Å². The van der Waals surface area contributed by atoms with E-state index in [0.717, 1.165) is 37.7 Å². The van der Waals surface area contributed by atoms with Gasteiger partial charge in [0.1, 0.15) is 24.3 Å². The quantitative estimate of drug-likeness (QED) is 0.370. The van der Waals surface area contributed by atoms with Crippen molar-refractivity contribution in [1.29, 1.82) is 0 Å². The topological polar surface area (TPSA) is 138 Å². The molecule has 2 aromatic carbocycles. The number of likely N-dealkylation sites (tertiary alicyclic amines) is 2. The molecule has 0 radical (unpaired) electrons. The minimum Gasteiger partial charge on any atom is -0.445 e. The molecule has 50 heavy (non-hydrogen) atoms. The molecule has 0 unspecified atom stereocenters. The average molecular weight is 690 g/mol. The summed E-state index contributed by atoms with van der Waals surface area (Å²) in [5.74, 6) is -1.87. The molecule has 2 aliphatic heterocycles. The molecule has 1 aliphatic carbocycles. The van der Waals surface area contributed by atoms with Crippen LogP contribution in [0.5, 0.6) is 0 Å². The number of hydrogen-bond donors (Lipinski definition) is 2. The maximum atomic E-state index is 14.7. The minimum absolute atomic E-state index is 0.0861. The number of rotatable bonds is 9. The van der Waals surface area contributed by atoms with Crippen molar-refractivity contribution < 1.29 is 33.4 Å². The van der Waals surface area contributed by atoms with Crippen LogP contribution in [0.2, 0.25) is 0 Å². The number of nitrogens with one attached hydrogen (secondary N) is 2. The second kappa shape index (κ2) is 15.9. The Hall–Kier alpha value is -4.61. The zero-order valence-corrected chi connectivity index (χ0v) is 29.8. The standard InChI is InChI=1S/C38H51N5O7/c1-25(41(5)36(47)50-38(2,3)4)33(44)40-31(27-17-11-7-12-18-27)35(46)42-22-21-30-32(42)29(34(45)39-28-19-13-8-14-20-28)23-43(30)37(48)49-24-26-15-9-6-10-16-26/h6,8-10,13-16,19-20,25,27,29-32H,7,11-12,17-18,21-24H2,1-5H3,(H,39,45)(H,40,44)/t25-,29-,30+,31-,32+/m0/s1. The van der Waals surface area contributed by atoms with Crippen LogP contribution in [0, 0.1) is 11.8 Å². The third-order valence-corrected chi connectivity index (χ3v) is 10.1. The second-order valence-electron chi connectivity index (χ2n) is 14.7. The Morgan fingerprint density at radius 2 is 1.54 bits per heavy atom. The molecule has 5 amide bonds. The van der Waals surface area contributed by atoms with E-state index in [1.54, 1.807) is 49.6 Å². The minimum atomic E-state index is -0.902. The van der Waals surface area contributed by atoms with Gasteiger partial charge in [-0.25, -0.2) is 9.59 Å². The normalized spacial score (nSPS) is 21.8. The summed E-state index contributed by atoms with van der Waals surface area (Å²) in [6.45, 7) is 7.36. The lowest BCUT2D eigenvalue weighted by Gasteiger charge is -2.37. The number of hydrogen-bond acceptors (Lipinski definition) is 7. The fourth-order valence-corrected chi connectivity index (χ4v) is 7.31. The van der Waals surface area contributed by atoms with Crippen LogP contribution in [-0.2, 0) is 30.5 Å². The fourth-order valence-electron chi connectivity index (χ4n) is 7.31. The first kappa shape index (κ1) is 36.7. The van der Waals surface area contributed by atoms with E-state index in [1.807, 2.05) is 48.5 Å². The van der Waals surface area contributed by atoms with Crippen molar-refractivity contribution in [3.8, 4) is 0 Å². The van der Waals surface area contributed by atoms with E-state index in [9.17, 15) is 24.0 Å². The summed E-state index contributed by atoms with van der Waals surface area (Å²) >= 11 is 0. The van der Waals surface area contributed by atoms with E-state index in [0.29, 0.717) is 18.7 Å². The third-order valence-electron chi connectivity index (χ3n) is 10.1. The van der Waals surface area contributed by atoms with E-state index < -0.39 is 53.8 Å².